The number of imidazole rings is 2. The summed E-state index contributed by atoms with van der Waals surface area (Å²) in [6.45, 7) is 5.73. The molecule has 0 atom stereocenters. The average molecular weight is 326 g/mol. The zero-order valence-electron chi connectivity index (χ0n) is 14.2. The number of carbonyl (C=O) groups excluding carboxylic acids is 1. The smallest absolute Gasteiger partial charge is 0.317 e. The van der Waals surface area contributed by atoms with Crippen LogP contribution in [-0.2, 0) is 13.1 Å². The molecule has 3 rings (SSSR count). The predicted octanol–water partition coefficient (Wildman–Crippen LogP) is 1.99. The maximum Gasteiger partial charge on any atom is 0.317 e. The molecule has 126 valence electrons. The van der Waals surface area contributed by atoms with Crippen LogP contribution in [0.3, 0.4) is 0 Å². The topological polar surface area (TPSA) is 67.5 Å². The van der Waals surface area contributed by atoms with Crippen LogP contribution in [0.25, 0.3) is 5.65 Å². The third-order valence-corrected chi connectivity index (χ3v) is 4.10. The Morgan fingerprint density at radius 3 is 2.88 bits per heavy atom. The van der Waals surface area contributed by atoms with Crippen LogP contribution in [0, 0.1) is 13.8 Å². The molecule has 0 saturated carbocycles. The fourth-order valence-corrected chi connectivity index (χ4v) is 2.59. The molecule has 0 aliphatic heterocycles. The van der Waals surface area contributed by atoms with E-state index in [4.69, 9.17) is 0 Å². The molecule has 1 N–H and O–H groups in total. The van der Waals surface area contributed by atoms with Crippen LogP contribution in [0.1, 0.15) is 17.1 Å². The van der Waals surface area contributed by atoms with Crippen LogP contribution in [0.15, 0.2) is 36.9 Å². The van der Waals surface area contributed by atoms with Crippen molar-refractivity contribution >= 4 is 11.7 Å². The van der Waals surface area contributed by atoms with Crippen molar-refractivity contribution in [2.24, 2.45) is 0 Å². The molecule has 0 saturated heterocycles. The number of hydrogen-bond donors (Lipinski definition) is 1. The maximum absolute atomic E-state index is 12.2. The number of nitrogens with one attached hydrogen (secondary N) is 1. The highest BCUT2D eigenvalue weighted by Gasteiger charge is 2.10. The van der Waals surface area contributed by atoms with Gasteiger partial charge in [0.1, 0.15) is 11.5 Å². The fraction of sp³-hybridized carbons (Fsp3) is 0.353. The molecule has 0 aromatic carbocycles. The minimum Gasteiger partial charge on any atom is -0.333 e. The van der Waals surface area contributed by atoms with Crippen molar-refractivity contribution < 1.29 is 4.79 Å². The summed E-state index contributed by atoms with van der Waals surface area (Å²) in [6, 6.07) is 3.90. The van der Waals surface area contributed by atoms with E-state index >= 15 is 0 Å². The van der Waals surface area contributed by atoms with Gasteiger partial charge in [-0.1, -0.05) is 6.07 Å². The lowest BCUT2D eigenvalue weighted by Crippen LogP contribution is -2.38. The molecular formula is C17H22N6O. The number of nitrogens with zero attached hydrogens (tertiary/aromatic N) is 5. The van der Waals surface area contributed by atoms with Gasteiger partial charge in [-0.2, -0.15) is 0 Å². The molecule has 0 aliphatic rings. The molecule has 0 aliphatic carbocycles. The van der Waals surface area contributed by atoms with E-state index in [0.29, 0.717) is 13.1 Å². The second kappa shape index (κ2) is 6.74. The molecule has 0 bridgehead atoms. The van der Waals surface area contributed by atoms with E-state index < -0.39 is 0 Å². The zero-order valence-corrected chi connectivity index (χ0v) is 14.2. The van der Waals surface area contributed by atoms with Gasteiger partial charge >= 0.3 is 6.03 Å². The Bertz CT molecular complexity index is 850. The first-order valence-electron chi connectivity index (χ1n) is 7.94. The van der Waals surface area contributed by atoms with Crippen molar-refractivity contribution in [2.45, 2.75) is 26.9 Å². The monoisotopic (exact) mass is 326 g/mol. The van der Waals surface area contributed by atoms with E-state index in [1.54, 1.807) is 18.1 Å². The lowest BCUT2D eigenvalue weighted by atomic mass is 10.3. The molecule has 0 radical (unpaired) electrons. The number of aromatic nitrogens is 4. The number of likely N-dealkylation sites (N-methyl/N-ethyl adjacent to an activating group) is 1. The van der Waals surface area contributed by atoms with Crippen LogP contribution in [-0.4, -0.2) is 43.5 Å². The zero-order chi connectivity index (χ0) is 17.1. The number of amides is 2. The Hall–Kier alpha value is -2.83. The van der Waals surface area contributed by atoms with Gasteiger partial charge in [-0.25, -0.2) is 14.8 Å². The van der Waals surface area contributed by atoms with E-state index in [-0.39, 0.29) is 6.03 Å². The second-order valence-corrected chi connectivity index (χ2v) is 5.90. The highest BCUT2D eigenvalue weighted by Crippen LogP contribution is 2.09. The van der Waals surface area contributed by atoms with Crippen molar-refractivity contribution in [1.29, 1.82) is 0 Å². The van der Waals surface area contributed by atoms with Crippen molar-refractivity contribution in [3.8, 4) is 0 Å². The highest BCUT2D eigenvalue weighted by atomic mass is 16.2. The highest BCUT2D eigenvalue weighted by molar-refractivity contribution is 5.73. The third kappa shape index (κ3) is 3.40. The van der Waals surface area contributed by atoms with Crippen molar-refractivity contribution in [3.63, 3.8) is 0 Å². The number of urea groups is 1. The van der Waals surface area contributed by atoms with E-state index in [2.05, 4.69) is 15.3 Å². The fourth-order valence-electron chi connectivity index (χ4n) is 2.59. The summed E-state index contributed by atoms with van der Waals surface area (Å²) in [5, 5.41) is 2.91. The molecule has 3 aromatic rings. The van der Waals surface area contributed by atoms with Crippen molar-refractivity contribution in [3.05, 3.63) is 54.0 Å². The van der Waals surface area contributed by atoms with Crippen LogP contribution in [0.2, 0.25) is 0 Å². The maximum atomic E-state index is 12.2. The Morgan fingerprint density at radius 2 is 2.17 bits per heavy atom. The molecule has 3 aromatic heterocycles. The largest absolute Gasteiger partial charge is 0.333 e. The van der Waals surface area contributed by atoms with E-state index in [1.165, 1.54) is 0 Å². The summed E-state index contributed by atoms with van der Waals surface area (Å²) in [6.07, 6.45) is 7.58. The van der Waals surface area contributed by atoms with Gasteiger partial charge in [-0.3, -0.25) is 0 Å². The standard InChI is InChI=1S/C17H22N6O/c1-13-5-4-7-23-12-15(20-16(13)23)11-19-17(24)21(3)9-10-22-8-6-18-14(22)2/h4-8,12H,9-11H2,1-3H3,(H,19,24). The van der Waals surface area contributed by atoms with Crippen LogP contribution >= 0.6 is 0 Å². The molecule has 3 heterocycles. The molecule has 0 fully saturated rings. The summed E-state index contributed by atoms with van der Waals surface area (Å²) in [5.74, 6) is 0.948. The van der Waals surface area contributed by atoms with E-state index in [0.717, 1.165) is 29.3 Å². The van der Waals surface area contributed by atoms with Crippen molar-refractivity contribution in [2.75, 3.05) is 13.6 Å². The lowest BCUT2D eigenvalue weighted by molar-refractivity contribution is 0.206. The molecule has 7 nitrogen and oxygen atoms in total. The Labute approximate surface area is 140 Å². The van der Waals surface area contributed by atoms with Gasteiger partial charge in [0, 0.05) is 44.9 Å². The van der Waals surface area contributed by atoms with Gasteiger partial charge in [0.05, 0.1) is 12.2 Å². The minimum atomic E-state index is -0.110. The Kier molecular flexibility index (Phi) is 4.50. The summed E-state index contributed by atoms with van der Waals surface area (Å²) in [4.78, 5) is 22.6. The van der Waals surface area contributed by atoms with Gasteiger partial charge in [0.25, 0.3) is 0 Å². The van der Waals surface area contributed by atoms with Crippen LogP contribution < -0.4 is 5.32 Å². The lowest BCUT2D eigenvalue weighted by Gasteiger charge is -2.18. The van der Waals surface area contributed by atoms with Gasteiger partial charge < -0.3 is 19.2 Å². The summed E-state index contributed by atoms with van der Waals surface area (Å²) >= 11 is 0. The summed E-state index contributed by atoms with van der Waals surface area (Å²) < 4.78 is 4.00. The van der Waals surface area contributed by atoms with Gasteiger partial charge in [0.15, 0.2) is 0 Å². The van der Waals surface area contributed by atoms with Crippen molar-refractivity contribution in [1.82, 2.24) is 29.2 Å². The normalized spacial score (nSPS) is 11.0. The number of fused-ring (bicyclic) bond motifs is 1. The first-order chi connectivity index (χ1) is 11.5. The number of pyridine rings is 1. The van der Waals surface area contributed by atoms with Gasteiger partial charge in [-0.15, -0.1) is 0 Å². The predicted molar refractivity (Wildman–Crippen MR) is 91.8 cm³/mol. The van der Waals surface area contributed by atoms with Crippen LogP contribution in [0.5, 0.6) is 0 Å². The Morgan fingerprint density at radius 1 is 1.33 bits per heavy atom. The number of carbonyl (C=O) groups is 1. The molecule has 7 heteroatoms. The van der Waals surface area contributed by atoms with E-state index in [1.807, 2.05) is 53.5 Å². The molecule has 2 amide bonds. The minimum absolute atomic E-state index is 0.110. The summed E-state index contributed by atoms with van der Waals surface area (Å²) in [7, 11) is 1.79. The van der Waals surface area contributed by atoms with Gasteiger partial charge in [0.2, 0.25) is 0 Å². The molecule has 24 heavy (non-hydrogen) atoms. The number of hydrogen-bond acceptors (Lipinski definition) is 3. The van der Waals surface area contributed by atoms with E-state index in [9.17, 15) is 4.79 Å². The molecule has 0 unspecified atom stereocenters. The first kappa shape index (κ1) is 16.0. The quantitative estimate of drug-likeness (QED) is 0.780. The SMILES string of the molecule is Cc1cccn2cc(CNC(=O)N(C)CCn3ccnc3C)nc12. The van der Waals surface area contributed by atoms with Gasteiger partial charge in [-0.05, 0) is 25.5 Å². The van der Waals surface area contributed by atoms with Crippen LogP contribution in [0.4, 0.5) is 4.79 Å². The Balaban J connectivity index is 1.54. The molecule has 0 spiro atoms. The number of rotatable bonds is 5. The summed E-state index contributed by atoms with van der Waals surface area (Å²) in [5.41, 5.74) is 2.88. The number of aryl methyl sites for hydroxylation is 2. The second-order valence-electron chi connectivity index (χ2n) is 5.90. The molecular weight excluding hydrogens is 304 g/mol. The first-order valence-corrected chi connectivity index (χ1v) is 7.94. The average Bonchev–Trinajstić information content (AvgIpc) is 3.17. The third-order valence-electron chi connectivity index (χ3n) is 4.10.